The number of aromatic carboxylic acids is 1. The summed E-state index contributed by atoms with van der Waals surface area (Å²) in [7, 11) is 1.30. The Morgan fingerprint density at radius 1 is 0.943 bits per heavy atom. The molecule has 0 saturated heterocycles. The number of carboxylic acids is 1. The number of hydrogen-bond acceptors (Lipinski definition) is 6. The van der Waals surface area contributed by atoms with E-state index in [9.17, 15) is 9.90 Å². The molecule has 4 aromatic rings. The van der Waals surface area contributed by atoms with Crippen LogP contribution in [0, 0.1) is 5.82 Å². The summed E-state index contributed by atoms with van der Waals surface area (Å²) in [5.41, 5.74) is 1.84. The lowest BCUT2D eigenvalue weighted by molar-refractivity contribution is 0.0691. The van der Waals surface area contributed by atoms with Crippen LogP contribution in [0.4, 0.5) is 15.9 Å². The van der Waals surface area contributed by atoms with Gasteiger partial charge in [-0.05, 0) is 23.3 Å². The quantitative estimate of drug-likeness (QED) is 0.317. The number of aromatic nitrogens is 2. The lowest BCUT2D eigenvalue weighted by Gasteiger charge is -2.36. The molecular weight excluding hydrogens is 471 g/mol. The number of rotatable bonds is 5. The fourth-order valence-corrected chi connectivity index (χ4v) is 4.43. The number of hydrogen-bond donors (Lipinski definition) is 3. The van der Waals surface area contributed by atoms with Crippen molar-refractivity contribution in [3.8, 4) is 17.1 Å². The highest BCUT2D eigenvalue weighted by atomic mass is 35.5. The topological polar surface area (TPSA) is 96.4 Å². The molecule has 0 fully saturated rings. The highest BCUT2D eigenvalue weighted by Gasteiger charge is 2.35. The second kappa shape index (κ2) is 9.23. The van der Waals surface area contributed by atoms with E-state index in [1.807, 2.05) is 60.7 Å². The SMILES string of the molecule is COc1c(Cl)ccc(-c2nc3c(c(C(=O)O)n2)NC(c2ccccc2)C(c2ccccc2)N3)c1F. The summed E-state index contributed by atoms with van der Waals surface area (Å²) < 4.78 is 20.2. The van der Waals surface area contributed by atoms with Crippen molar-refractivity contribution in [2.75, 3.05) is 17.7 Å². The van der Waals surface area contributed by atoms with E-state index in [0.717, 1.165) is 11.1 Å². The average molecular weight is 491 g/mol. The molecule has 2 unspecified atom stereocenters. The van der Waals surface area contributed by atoms with Gasteiger partial charge in [0.2, 0.25) is 0 Å². The minimum atomic E-state index is -1.27. The van der Waals surface area contributed by atoms with Gasteiger partial charge in [0, 0.05) is 0 Å². The van der Waals surface area contributed by atoms with Crippen LogP contribution in [0.25, 0.3) is 11.4 Å². The molecule has 5 rings (SSSR count). The molecule has 0 aliphatic carbocycles. The number of carbonyl (C=O) groups is 1. The van der Waals surface area contributed by atoms with E-state index in [2.05, 4.69) is 20.6 Å². The first-order valence-corrected chi connectivity index (χ1v) is 11.2. The van der Waals surface area contributed by atoms with E-state index >= 15 is 4.39 Å². The number of fused-ring (bicyclic) bond motifs is 1. The smallest absolute Gasteiger partial charge is 0.356 e. The molecule has 7 nitrogen and oxygen atoms in total. The molecule has 1 aromatic heterocycles. The first-order chi connectivity index (χ1) is 17.0. The van der Waals surface area contributed by atoms with Crippen molar-refractivity contribution >= 4 is 29.1 Å². The van der Waals surface area contributed by atoms with E-state index in [0.29, 0.717) is 0 Å². The number of methoxy groups -OCH3 is 1. The van der Waals surface area contributed by atoms with Gasteiger partial charge in [-0.15, -0.1) is 0 Å². The number of nitrogens with zero attached hydrogens (tertiary/aromatic N) is 2. The third-order valence-corrected chi connectivity index (χ3v) is 6.15. The van der Waals surface area contributed by atoms with Gasteiger partial charge < -0.3 is 20.5 Å². The summed E-state index contributed by atoms with van der Waals surface area (Å²) in [5.74, 6) is -2.07. The van der Waals surface area contributed by atoms with E-state index in [1.54, 1.807) is 0 Å². The van der Waals surface area contributed by atoms with Gasteiger partial charge in [-0.25, -0.2) is 19.2 Å². The molecule has 0 bridgehead atoms. The molecule has 0 saturated carbocycles. The van der Waals surface area contributed by atoms with Gasteiger partial charge in [-0.2, -0.15) is 0 Å². The number of ether oxygens (including phenoxy) is 1. The molecule has 3 aromatic carbocycles. The number of nitrogens with one attached hydrogen (secondary N) is 2. The summed E-state index contributed by atoms with van der Waals surface area (Å²) in [6.45, 7) is 0. The van der Waals surface area contributed by atoms with E-state index in [4.69, 9.17) is 16.3 Å². The number of halogens is 2. The predicted octanol–water partition coefficient (Wildman–Crippen LogP) is 5.96. The normalized spacial score (nSPS) is 16.5. The van der Waals surface area contributed by atoms with Crippen molar-refractivity contribution in [3.63, 3.8) is 0 Å². The van der Waals surface area contributed by atoms with Gasteiger partial charge in [0.05, 0.1) is 29.8 Å². The van der Waals surface area contributed by atoms with Crippen molar-refractivity contribution in [2.45, 2.75) is 12.1 Å². The lowest BCUT2D eigenvalue weighted by Crippen LogP contribution is -2.32. The van der Waals surface area contributed by atoms with Crippen LogP contribution in [0.2, 0.25) is 5.02 Å². The Morgan fingerprint density at radius 2 is 1.54 bits per heavy atom. The lowest BCUT2D eigenvalue weighted by atomic mass is 9.91. The first-order valence-electron chi connectivity index (χ1n) is 10.8. The fraction of sp³-hybridized carbons (Fsp3) is 0.115. The Bertz CT molecular complexity index is 1400. The summed E-state index contributed by atoms with van der Waals surface area (Å²) in [6, 6.07) is 21.7. The third kappa shape index (κ3) is 4.13. The van der Waals surface area contributed by atoms with Gasteiger partial charge in [0.15, 0.2) is 28.9 Å². The number of carboxylic acid groups (broad SMARTS) is 1. The largest absolute Gasteiger partial charge is 0.492 e. The Kier molecular flexibility index (Phi) is 5.96. The third-order valence-electron chi connectivity index (χ3n) is 5.85. The van der Waals surface area contributed by atoms with Crippen LogP contribution in [-0.4, -0.2) is 28.2 Å². The van der Waals surface area contributed by atoms with Gasteiger partial charge in [0.1, 0.15) is 5.69 Å². The van der Waals surface area contributed by atoms with Crippen LogP contribution < -0.4 is 15.4 Å². The van der Waals surface area contributed by atoms with Crippen LogP contribution in [0.5, 0.6) is 5.75 Å². The van der Waals surface area contributed by atoms with E-state index in [1.165, 1.54) is 19.2 Å². The predicted molar refractivity (Wildman–Crippen MR) is 132 cm³/mol. The van der Waals surface area contributed by atoms with Crippen molar-refractivity contribution in [1.82, 2.24) is 9.97 Å². The maximum atomic E-state index is 15.1. The highest BCUT2D eigenvalue weighted by Crippen LogP contribution is 2.44. The second-order valence-electron chi connectivity index (χ2n) is 7.93. The van der Waals surface area contributed by atoms with Gasteiger partial charge in [-0.3, -0.25) is 0 Å². The Balaban J connectivity index is 1.68. The minimum Gasteiger partial charge on any atom is -0.492 e. The Morgan fingerprint density at radius 3 is 2.11 bits per heavy atom. The molecule has 3 N–H and O–H groups in total. The number of anilines is 2. The van der Waals surface area contributed by atoms with Crippen LogP contribution in [-0.2, 0) is 0 Å². The van der Waals surface area contributed by atoms with Crippen LogP contribution in [0.15, 0.2) is 72.8 Å². The zero-order valence-electron chi connectivity index (χ0n) is 18.5. The average Bonchev–Trinajstić information content (AvgIpc) is 2.88. The van der Waals surface area contributed by atoms with E-state index < -0.39 is 11.8 Å². The summed E-state index contributed by atoms with van der Waals surface area (Å²) in [5, 5.41) is 16.8. The Labute approximate surface area is 205 Å². The molecule has 9 heteroatoms. The first kappa shape index (κ1) is 22.6. The maximum Gasteiger partial charge on any atom is 0.356 e. The van der Waals surface area contributed by atoms with Crippen LogP contribution >= 0.6 is 11.6 Å². The summed E-state index contributed by atoms with van der Waals surface area (Å²) in [6.07, 6.45) is 0. The molecule has 2 atom stereocenters. The summed E-state index contributed by atoms with van der Waals surface area (Å²) >= 11 is 6.03. The zero-order chi connectivity index (χ0) is 24.5. The molecule has 0 radical (unpaired) electrons. The van der Waals surface area contributed by atoms with Crippen molar-refractivity contribution in [2.24, 2.45) is 0 Å². The molecular formula is C26H20ClFN4O3. The summed E-state index contributed by atoms with van der Waals surface area (Å²) in [4.78, 5) is 20.9. The highest BCUT2D eigenvalue weighted by molar-refractivity contribution is 6.32. The molecule has 176 valence electrons. The van der Waals surface area contributed by atoms with Crippen LogP contribution in [0.1, 0.15) is 33.7 Å². The Hall–Kier alpha value is -4.17. The zero-order valence-corrected chi connectivity index (χ0v) is 19.3. The molecule has 1 aliphatic rings. The standard InChI is InChI=1S/C26H20ClFN4O3/c1-35-23-17(27)13-12-16(18(23)28)24-31-22(26(33)34)21-25(32-24)30-20(15-10-6-3-7-11-15)19(29-21)14-8-4-2-5-9-14/h2-13,19-20,29H,1H3,(H,33,34)(H,30,31,32). The molecule has 1 aliphatic heterocycles. The molecule has 2 heterocycles. The molecule has 0 spiro atoms. The maximum absolute atomic E-state index is 15.1. The van der Waals surface area contributed by atoms with Gasteiger partial charge >= 0.3 is 5.97 Å². The van der Waals surface area contributed by atoms with Crippen molar-refractivity contribution in [1.29, 1.82) is 0 Å². The number of benzene rings is 3. The van der Waals surface area contributed by atoms with Gasteiger partial charge in [-0.1, -0.05) is 72.3 Å². The van der Waals surface area contributed by atoms with Crippen molar-refractivity contribution < 1.29 is 19.0 Å². The van der Waals surface area contributed by atoms with Crippen LogP contribution in [0.3, 0.4) is 0 Å². The molecule has 35 heavy (non-hydrogen) atoms. The van der Waals surface area contributed by atoms with Gasteiger partial charge in [0.25, 0.3) is 0 Å². The van der Waals surface area contributed by atoms with Crippen molar-refractivity contribution in [3.05, 3.63) is 100 Å². The fourth-order valence-electron chi connectivity index (χ4n) is 4.21. The monoisotopic (exact) mass is 490 g/mol. The van der Waals surface area contributed by atoms with E-state index in [-0.39, 0.29) is 51.4 Å². The second-order valence-corrected chi connectivity index (χ2v) is 8.34. The minimum absolute atomic E-state index is 0.0280. The molecule has 0 amide bonds.